The number of carbonyl (C=O) groups excluding carboxylic acids is 1. The number of aliphatic hydroxyl groups is 1. The molecule has 6 aromatic carbocycles. The minimum absolute atomic E-state index is 0.282. The van der Waals surface area contributed by atoms with Crippen molar-refractivity contribution in [3.05, 3.63) is 179 Å². The Hall–Kier alpha value is -5.89. The Kier molecular flexibility index (Phi) is 12.9. The van der Waals surface area contributed by atoms with Crippen LogP contribution in [-0.4, -0.2) is 42.8 Å². The number of anilines is 2. The molecular formula is C46H46N2O5. The number of esters is 1. The van der Waals surface area contributed by atoms with E-state index in [0.717, 1.165) is 52.3 Å². The smallest absolute Gasteiger partial charge is 0.341 e. The molecule has 53 heavy (non-hydrogen) atoms. The normalized spacial score (nSPS) is 11.5. The van der Waals surface area contributed by atoms with E-state index in [4.69, 9.17) is 14.2 Å². The van der Waals surface area contributed by atoms with Gasteiger partial charge in [-0.25, -0.2) is 4.79 Å². The zero-order valence-electron chi connectivity index (χ0n) is 30.3. The molecular weight excluding hydrogens is 661 g/mol. The van der Waals surface area contributed by atoms with E-state index in [0.29, 0.717) is 37.6 Å². The Morgan fingerprint density at radius 1 is 0.698 bits per heavy atom. The summed E-state index contributed by atoms with van der Waals surface area (Å²) in [5.74, 6) is 0.758. The third-order valence-electron chi connectivity index (χ3n) is 9.03. The largest absolute Gasteiger partial charge is 0.493 e. The molecule has 270 valence electrons. The van der Waals surface area contributed by atoms with E-state index in [2.05, 4.69) is 64.8 Å². The number of nitrogens with zero attached hydrogens (tertiary/aromatic N) is 1. The summed E-state index contributed by atoms with van der Waals surface area (Å²) in [5.41, 5.74) is 8.36. The molecule has 7 heteroatoms. The summed E-state index contributed by atoms with van der Waals surface area (Å²) in [7, 11) is 1.35. The van der Waals surface area contributed by atoms with Crippen molar-refractivity contribution >= 4 is 17.3 Å². The van der Waals surface area contributed by atoms with Gasteiger partial charge >= 0.3 is 5.97 Å². The van der Waals surface area contributed by atoms with Gasteiger partial charge in [0.25, 0.3) is 0 Å². The minimum atomic E-state index is -0.841. The maximum absolute atomic E-state index is 12.8. The third-order valence-corrected chi connectivity index (χ3v) is 9.03. The van der Waals surface area contributed by atoms with Crippen LogP contribution in [0.4, 0.5) is 11.4 Å². The van der Waals surface area contributed by atoms with Gasteiger partial charge < -0.3 is 24.6 Å². The van der Waals surface area contributed by atoms with Gasteiger partial charge in [0.05, 0.1) is 19.8 Å². The number of aliphatic hydroxyl groups excluding tert-OH is 1. The molecule has 0 aliphatic heterocycles. The third kappa shape index (κ3) is 10.3. The van der Waals surface area contributed by atoms with Crippen LogP contribution in [0.3, 0.4) is 0 Å². The predicted molar refractivity (Wildman–Crippen MR) is 212 cm³/mol. The van der Waals surface area contributed by atoms with Crippen LogP contribution < -0.4 is 14.8 Å². The van der Waals surface area contributed by atoms with E-state index in [1.54, 1.807) is 12.1 Å². The predicted octanol–water partition coefficient (Wildman–Crippen LogP) is 9.64. The van der Waals surface area contributed by atoms with E-state index < -0.39 is 12.1 Å². The van der Waals surface area contributed by atoms with Crippen molar-refractivity contribution in [3.8, 4) is 22.6 Å². The van der Waals surface area contributed by atoms with E-state index in [1.807, 2.05) is 91.9 Å². The number of carbonyl (C=O) groups is 1. The first-order valence-electron chi connectivity index (χ1n) is 18.0. The standard InChI is InChI=1S/C46H46N2O5/c1-3-52-44-26-24-40(30-41(44)37-17-11-6-12-18-37)47-39-22-19-34(20-23-39)27-28-48(31-35-13-7-4-8-14-35)32-43(49)38-21-25-45(42(29-38)46(50)51-2)53-33-36-15-9-5-10-16-36/h4-26,29-30,43,47,49H,3,27-28,31-33H2,1-2H3/t43-/m0/s1. The highest BCUT2D eigenvalue weighted by Gasteiger charge is 2.20. The number of benzene rings is 6. The molecule has 0 spiro atoms. The summed E-state index contributed by atoms with van der Waals surface area (Å²) < 4.78 is 17.0. The lowest BCUT2D eigenvalue weighted by atomic mass is 10.0. The summed E-state index contributed by atoms with van der Waals surface area (Å²) in [5, 5.41) is 15.1. The van der Waals surface area contributed by atoms with E-state index in [1.165, 1.54) is 12.7 Å². The first-order valence-corrected chi connectivity index (χ1v) is 18.0. The van der Waals surface area contributed by atoms with Gasteiger partial charge in [0.2, 0.25) is 0 Å². The zero-order chi connectivity index (χ0) is 36.8. The summed E-state index contributed by atoms with van der Waals surface area (Å²) in [6, 6.07) is 50.2. The fourth-order valence-corrected chi connectivity index (χ4v) is 6.25. The second kappa shape index (κ2) is 18.6. The average molecular weight is 707 g/mol. The quantitative estimate of drug-likeness (QED) is 0.0915. The molecule has 0 saturated heterocycles. The van der Waals surface area contributed by atoms with Gasteiger partial charge in [-0.3, -0.25) is 4.90 Å². The number of nitrogens with one attached hydrogen (secondary N) is 1. The molecule has 0 heterocycles. The van der Waals surface area contributed by atoms with Crippen molar-refractivity contribution in [3.63, 3.8) is 0 Å². The molecule has 0 aliphatic carbocycles. The topological polar surface area (TPSA) is 80.3 Å². The number of rotatable bonds is 17. The van der Waals surface area contributed by atoms with Crippen molar-refractivity contribution in [2.75, 3.05) is 32.1 Å². The summed E-state index contributed by atoms with van der Waals surface area (Å²) >= 11 is 0. The first-order chi connectivity index (χ1) is 26.0. The summed E-state index contributed by atoms with van der Waals surface area (Å²) in [4.78, 5) is 15.0. The van der Waals surface area contributed by atoms with Crippen molar-refractivity contribution in [2.45, 2.75) is 32.6 Å². The molecule has 0 saturated carbocycles. The van der Waals surface area contributed by atoms with E-state index in [-0.39, 0.29) is 5.56 Å². The molecule has 0 radical (unpaired) electrons. The lowest BCUT2D eigenvalue weighted by Crippen LogP contribution is -2.30. The van der Waals surface area contributed by atoms with Crippen molar-refractivity contribution in [1.82, 2.24) is 4.90 Å². The van der Waals surface area contributed by atoms with Gasteiger partial charge in [0.1, 0.15) is 23.7 Å². The Bertz CT molecular complexity index is 2040. The van der Waals surface area contributed by atoms with Gasteiger partial charge in [-0.2, -0.15) is 0 Å². The molecule has 0 aliphatic rings. The Labute approximate surface area is 312 Å². The van der Waals surface area contributed by atoms with Gasteiger partial charge in [-0.1, -0.05) is 109 Å². The van der Waals surface area contributed by atoms with E-state index in [9.17, 15) is 9.90 Å². The molecule has 1 atom stereocenters. The molecule has 0 fully saturated rings. The SMILES string of the molecule is CCOc1ccc(Nc2ccc(CCN(Cc3ccccc3)C[C@H](O)c3ccc(OCc4ccccc4)c(C(=O)OC)c3)cc2)cc1-c1ccccc1. The van der Waals surface area contributed by atoms with Crippen molar-refractivity contribution in [1.29, 1.82) is 0 Å². The highest BCUT2D eigenvalue weighted by Crippen LogP contribution is 2.34. The Morgan fingerprint density at radius 3 is 2.02 bits per heavy atom. The minimum Gasteiger partial charge on any atom is -0.493 e. The second-order valence-corrected chi connectivity index (χ2v) is 12.8. The fraction of sp³-hybridized carbons (Fsp3) is 0.196. The maximum Gasteiger partial charge on any atom is 0.341 e. The molecule has 2 N–H and O–H groups in total. The number of hydrogen-bond acceptors (Lipinski definition) is 7. The molecule has 0 aromatic heterocycles. The summed E-state index contributed by atoms with van der Waals surface area (Å²) in [6.07, 6.45) is -0.0486. The van der Waals surface area contributed by atoms with Gasteiger partial charge in [-0.05, 0) is 83.6 Å². The molecule has 6 rings (SSSR count). The average Bonchev–Trinajstić information content (AvgIpc) is 3.21. The molecule has 7 nitrogen and oxygen atoms in total. The highest BCUT2D eigenvalue weighted by molar-refractivity contribution is 5.92. The molecule has 0 unspecified atom stereocenters. The van der Waals surface area contributed by atoms with Crippen LogP contribution in [-0.2, 0) is 24.3 Å². The molecule has 0 amide bonds. The first kappa shape index (κ1) is 36.9. The zero-order valence-corrected chi connectivity index (χ0v) is 30.3. The Morgan fingerprint density at radius 2 is 1.34 bits per heavy atom. The maximum atomic E-state index is 12.8. The lowest BCUT2D eigenvalue weighted by Gasteiger charge is -2.26. The van der Waals surface area contributed by atoms with Crippen LogP contribution in [0, 0.1) is 0 Å². The lowest BCUT2D eigenvalue weighted by molar-refractivity contribution is 0.0594. The van der Waals surface area contributed by atoms with Gasteiger partial charge in [0.15, 0.2) is 0 Å². The van der Waals surface area contributed by atoms with E-state index >= 15 is 0 Å². The number of methoxy groups -OCH3 is 1. The summed E-state index contributed by atoms with van der Waals surface area (Å²) in [6.45, 7) is 4.67. The fourth-order valence-electron chi connectivity index (χ4n) is 6.25. The molecule has 6 aromatic rings. The van der Waals surface area contributed by atoms with Crippen LogP contribution in [0.1, 0.15) is 45.6 Å². The van der Waals surface area contributed by atoms with Gasteiger partial charge in [0, 0.05) is 36.6 Å². The van der Waals surface area contributed by atoms with Crippen LogP contribution in [0.25, 0.3) is 11.1 Å². The van der Waals surface area contributed by atoms with Crippen LogP contribution in [0.2, 0.25) is 0 Å². The highest BCUT2D eigenvalue weighted by atomic mass is 16.5. The van der Waals surface area contributed by atoms with Gasteiger partial charge in [-0.15, -0.1) is 0 Å². The number of hydrogen-bond donors (Lipinski definition) is 2. The monoisotopic (exact) mass is 706 g/mol. The van der Waals surface area contributed by atoms with Crippen molar-refractivity contribution < 1.29 is 24.1 Å². The molecule has 0 bridgehead atoms. The van der Waals surface area contributed by atoms with Crippen LogP contribution >= 0.6 is 0 Å². The number of ether oxygens (including phenoxy) is 3. The second-order valence-electron chi connectivity index (χ2n) is 12.8. The van der Waals surface area contributed by atoms with Crippen molar-refractivity contribution in [2.24, 2.45) is 0 Å². The van der Waals surface area contributed by atoms with Crippen LogP contribution in [0.5, 0.6) is 11.5 Å². The Balaban J connectivity index is 1.13. The van der Waals surface area contributed by atoms with Crippen LogP contribution in [0.15, 0.2) is 152 Å².